The van der Waals surface area contributed by atoms with Crippen molar-refractivity contribution < 1.29 is 4.79 Å². The zero-order valence-corrected chi connectivity index (χ0v) is 11.7. The molecule has 1 amide bonds. The van der Waals surface area contributed by atoms with Crippen LogP contribution in [0.25, 0.3) is 0 Å². The van der Waals surface area contributed by atoms with Crippen molar-refractivity contribution >= 4 is 5.91 Å². The smallest absolute Gasteiger partial charge is 0.254 e. The number of nitrogens with one attached hydrogen (secondary N) is 1. The molecular weight excluding hydrogens is 228 g/mol. The summed E-state index contributed by atoms with van der Waals surface area (Å²) >= 11 is 0. The van der Waals surface area contributed by atoms with E-state index in [1.54, 1.807) is 6.20 Å². The lowest BCUT2D eigenvalue weighted by molar-refractivity contribution is 0.0929. The van der Waals surface area contributed by atoms with Crippen LogP contribution in [0.4, 0.5) is 0 Å². The predicted octanol–water partition coefficient (Wildman–Crippen LogP) is 1.31. The minimum atomic E-state index is -0.0484. The zero-order chi connectivity index (χ0) is 13.7. The minimum absolute atomic E-state index is 0.0484. The van der Waals surface area contributed by atoms with Gasteiger partial charge in [0.1, 0.15) is 0 Å². The van der Waals surface area contributed by atoms with Gasteiger partial charge in [-0.3, -0.25) is 9.48 Å². The summed E-state index contributed by atoms with van der Waals surface area (Å²) in [6, 6.07) is 0.157. The molecule has 0 radical (unpaired) electrons. The predicted molar refractivity (Wildman–Crippen MR) is 72.4 cm³/mol. The molecule has 1 heterocycles. The van der Waals surface area contributed by atoms with E-state index in [0.717, 1.165) is 18.7 Å². The molecule has 0 saturated carbocycles. The summed E-state index contributed by atoms with van der Waals surface area (Å²) < 4.78 is 1.84. The number of nitrogens with two attached hydrogens (primary N) is 1. The fraction of sp³-hybridized carbons (Fsp3) is 0.692. The lowest BCUT2D eigenvalue weighted by Gasteiger charge is -2.17. The third kappa shape index (κ3) is 3.57. The van der Waals surface area contributed by atoms with Crippen LogP contribution in [-0.4, -0.2) is 28.3 Å². The molecule has 5 nitrogen and oxygen atoms in total. The first-order valence-electron chi connectivity index (χ1n) is 6.50. The molecule has 5 heteroatoms. The first kappa shape index (κ1) is 14.7. The third-order valence-corrected chi connectivity index (χ3v) is 3.28. The van der Waals surface area contributed by atoms with Crippen LogP contribution in [0, 0.1) is 12.8 Å². The Balaban J connectivity index is 2.72. The lowest BCUT2D eigenvalue weighted by atomic mass is 10.1. The molecule has 0 saturated heterocycles. The summed E-state index contributed by atoms with van der Waals surface area (Å²) in [4.78, 5) is 12.1. The average Bonchev–Trinajstić information content (AvgIpc) is 2.67. The van der Waals surface area contributed by atoms with Crippen LogP contribution < -0.4 is 11.1 Å². The van der Waals surface area contributed by atoms with E-state index < -0.39 is 0 Å². The van der Waals surface area contributed by atoms with Gasteiger partial charge in [-0.1, -0.05) is 13.8 Å². The van der Waals surface area contributed by atoms with E-state index in [1.165, 1.54) is 0 Å². The van der Waals surface area contributed by atoms with E-state index in [4.69, 9.17) is 5.73 Å². The van der Waals surface area contributed by atoms with Gasteiger partial charge in [0.25, 0.3) is 5.91 Å². The van der Waals surface area contributed by atoms with E-state index in [-0.39, 0.29) is 11.9 Å². The molecule has 0 aliphatic heterocycles. The topological polar surface area (TPSA) is 72.9 Å². The van der Waals surface area contributed by atoms with Gasteiger partial charge in [0.15, 0.2) is 0 Å². The summed E-state index contributed by atoms with van der Waals surface area (Å²) in [7, 11) is 0. The van der Waals surface area contributed by atoms with E-state index >= 15 is 0 Å². The van der Waals surface area contributed by atoms with Gasteiger partial charge in [0.2, 0.25) is 0 Å². The molecule has 1 aromatic rings. The number of nitrogens with zero attached hydrogens (tertiary/aromatic N) is 2. The molecule has 18 heavy (non-hydrogen) atoms. The highest BCUT2D eigenvalue weighted by molar-refractivity contribution is 5.95. The normalized spacial score (nSPS) is 12.8. The van der Waals surface area contributed by atoms with Crippen molar-refractivity contribution in [3.63, 3.8) is 0 Å². The molecule has 0 spiro atoms. The van der Waals surface area contributed by atoms with Crippen molar-refractivity contribution in [2.45, 2.75) is 46.7 Å². The van der Waals surface area contributed by atoms with Gasteiger partial charge in [-0.15, -0.1) is 0 Å². The maximum atomic E-state index is 12.1. The quantitative estimate of drug-likeness (QED) is 0.802. The van der Waals surface area contributed by atoms with Crippen LogP contribution in [0.2, 0.25) is 0 Å². The fourth-order valence-corrected chi connectivity index (χ4v) is 1.59. The molecule has 0 aliphatic carbocycles. The maximum absolute atomic E-state index is 12.1. The summed E-state index contributed by atoms with van der Waals surface area (Å²) in [6.45, 7) is 9.49. The van der Waals surface area contributed by atoms with Crippen LogP contribution in [0.15, 0.2) is 6.20 Å². The highest BCUT2D eigenvalue weighted by atomic mass is 16.1. The molecule has 102 valence electrons. The largest absolute Gasteiger partial charge is 0.349 e. The standard InChI is InChI=1S/C13H24N4O/c1-9(2)10(3)16-13(18)12-8-15-17(11(12)4)7-5-6-14/h8-10H,5-7,14H2,1-4H3,(H,16,18). The second-order valence-electron chi connectivity index (χ2n) is 5.02. The third-order valence-electron chi connectivity index (χ3n) is 3.28. The van der Waals surface area contributed by atoms with Gasteiger partial charge in [-0.05, 0) is 32.7 Å². The van der Waals surface area contributed by atoms with Crippen LogP contribution in [0.1, 0.15) is 43.2 Å². The number of amides is 1. The maximum Gasteiger partial charge on any atom is 0.254 e. The number of carbonyl (C=O) groups is 1. The SMILES string of the molecule is Cc1c(C(=O)NC(C)C(C)C)cnn1CCCN. The molecule has 3 N–H and O–H groups in total. The summed E-state index contributed by atoms with van der Waals surface area (Å²) in [5, 5.41) is 7.22. The van der Waals surface area contributed by atoms with Crippen molar-refractivity contribution in [3.8, 4) is 0 Å². The van der Waals surface area contributed by atoms with E-state index in [2.05, 4.69) is 24.3 Å². The molecule has 1 aromatic heterocycles. The summed E-state index contributed by atoms with van der Waals surface area (Å²) in [6.07, 6.45) is 2.50. The van der Waals surface area contributed by atoms with Crippen molar-refractivity contribution in [1.82, 2.24) is 15.1 Å². The Labute approximate surface area is 109 Å². The Bertz CT molecular complexity index is 398. The van der Waals surface area contributed by atoms with Crippen LogP contribution >= 0.6 is 0 Å². The number of aryl methyl sites for hydroxylation is 1. The second-order valence-corrected chi connectivity index (χ2v) is 5.02. The number of carbonyl (C=O) groups excluding carboxylic acids is 1. The minimum Gasteiger partial charge on any atom is -0.349 e. The molecule has 0 fully saturated rings. The molecular formula is C13H24N4O. The summed E-state index contributed by atoms with van der Waals surface area (Å²) in [5.41, 5.74) is 7.02. The van der Waals surface area contributed by atoms with Crippen LogP contribution in [0.5, 0.6) is 0 Å². The number of hydrogen-bond acceptors (Lipinski definition) is 3. The van der Waals surface area contributed by atoms with E-state index in [9.17, 15) is 4.79 Å². The molecule has 1 rings (SSSR count). The average molecular weight is 252 g/mol. The number of rotatable bonds is 6. The molecule has 1 unspecified atom stereocenters. The van der Waals surface area contributed by atoms with Crippen molar-refractivity contribution in [3.05, 3.63) is 17.5 Å². The van der Waals surface area contributed by atoms with E-state index in [1.807, 2.05) is 18.5 Å². The molecule has 0 aliphatic rings. The summed E-state index contributed by atoms with van der Waals surface area (Å²) in [5.74, 6) is 0.370. The first-order valence-corrected chi connectivity index (χ1v) is 6.50. The Hall–Kier alpha value is -1.36. The highest BCUT2D eigenvalue weighted by Crippen LogP contribution is 2.09. The lowest BCUT2D eigenvalue weighted by Crippen LogP contribution is -2.36. The Kier molecular flexibility index (Phi) is 5.34. The van der Waals surface area contributed by atoms with Gasteiger partial charge >= 0.3 is 0 Å². The van der Waals surface area contributed by atoms with E-state index in [0.29, 0.717) is 18.0 Å². The first-order chi connectivity index (χ1) is 8.47. The Morgan fingerprint density at radius 3 is 2.72 bits per heavy atom. The number of hydrogen-bond donors (Lipinski definition) is 2. The fourth-order valence-electron chi connectivity index (χ4n) is 1.59. The van der Waals surface area contributed by atoms with Gasteiger partial charge in [-0.2, -0.15) is 5.10 Å². The van der Waals surface area contributed by atoms with Gasteiger partial charge < -0.3 is 11.1 Å². The van der Waals surface area contributed by atoms with Gasteiger partial charge in [0.05, 0.1) is 11.8 Å². The van der Waals surface area contributed by atoms with Gasteiger partial charge in [-0.25, -0.2) is 0 Å². The Morgan fingerprint density at radius 2 is 2.17 bits per heavy atom. The number of aromatic nitrogens is 2. The van der Waals surface area contributed by atoms with Crippen molar-refractivity contribution in [2.75, 3.05) is 6.54 Å². The highest BCUT2D eigenvalue weighted by Gasteiger charge is 2.17. The van der Waals surface area contributed by atoms with Crippen LogP contribution in [-0.2, 0) is 6.54 Å². The molecule has 1 atom stereocenters. The monoisotopic (exact) mass is 252 g/mol. The van der Waals surface area contributed by atoms with Crippen LogP contribution in [0.3, 0.4) is 0 Å². The van der Waals surface area contributed by atoms with Crippen molar-refractivity contribution in [1.29, 1.82) is 0 Å². The molecule has 0 bridgehead atoms. The van der Waals surface area contributed by atoms with Crippen molar-refractivity contribution in [2.24, 2.45) is 11.7 Å². The second kappa shape index (κ2) is 6.54. The van der Waals surface area contributed by atoms with Gasteiger partial charge in [0, 0.05) is 18.3 Å². The molecule has 0 aromatic carbocycles. The zero-order valence-electron chi connectivity index (χ0n) is 11.7. The Morgan fingerprint density at radius 1 is 1.50 bits per heavy atom.